The summed E-state index contributed by atoms with van der Waals surface area (Å²) in [5, 5.41) is 0.536. The summed E-state index contributed by atoms with van der Waals surface area (Å²) in [4.78, 5) is 15.5. The first-order valence-electron chi connectivity index (χ1n) is 7.72. The molecule has 1 fully saturated rings. The van der Waals surface area contributed by atoms with E-state index in [1.807, 2.05) is 6.07 Å². The van der Waals surface area contributed by atoms with Crippen LogP contribution in [0.4, 0.5) is 0 Å². The van der Waals surface area contributed by atoms with Gasteiger partial charge in [0.25, 0.3) is 0 Å². The van der Waals surface area contributed by atoms with Gasteiger partial charge in [-0.15, -0.1) is 0 Å². The lowest BCUT2D eigenvalue weighted by atomic mass is 9.82. The Morgan fingerprint density at radius 3 is 2.43 bits per heavy atom. The number of ketones is 1. The van der Waals surface area contributed by atoms with Gasteiger partial charge in [-0.3, -0.25) is 9.69 Å². The maximum atomic E-state index is 13.2. The van der Waals surface area contributed by atoms with Crippen LogP contribution in [0.1, 0.15) is 49.9 Å². The van der Waals surface area contributed by atoms with Gasteiger partial charge in [-0.05, 0) is 57.0 Å². The Bertz CT molecular complexity index is 506. The summed E-state index contributed by atoms with van der Waals surface area (Å²) in [6, 6.07) is 5.32. The van der Waals surface area contributed by atoms with E-state index >= 15 is 0 Å². The molecule has 1 aliphatic rings. The maximum Gasteiger partial charge on any atom is 0.183 e. The minimum atomic E-state index is -0.394. The van der Waals surface area contributed by atoms with Crippen molar-refractivity contribution in [3.05, 3.63) is 28.8 Å². The summed E-state index contributed by atoms with van der Waals surface area (Å²) in [7, 11) is 1.57. The molecule has 1 aromatic rings. The Morgan fingerprint density at radius 2 is 1.90 bits per heavy atom. The predicted molar refractivity (Wildman–Crippen MR) is 86.5 cm³/mol. The molecule has 0 amide bonds. The average Bonchev–Trinajstić information content (AvgIpc) is 3.04. The lowest BCUT2D eigenvalue weighted by Gasteiger charge is -2.39. The first-order chi connectivity index (χ1) is 10.1. The van der Waals surface area contributed by atoms with E-state index in [4.69, 9.17) is 16.3 Å². The molecule has 0 aromatic heterocycles. The third-order valence-electron chi connectivity index (χ3n) is 4.72. The van der Waals surface area contributed by atoms with Gasteiger partial charge in [-0.2, -0.15) is 0 Å². The van der Waals surface area contributed by atoms with E-state index in [9.17, 15) is 4.79 Å². The number of carbonyl (C=O) groups is 1. The summed E-state index contributed by atoms with van der Waals surface area (Å²) in [6.07, 6.45) is 4.01. The topological polar surface area (TPSA) is 29.5 Å². The van der Waals surface area contributed by atoms with E-state index < -0.39 is 5.54 Å². The van der Waals surface area contributed by atoms with Crippen molar-refractivity contribution < 1.29 is 9.53 Å². The van der Waals surface area contributed by atoms with Crippen molar-refractivity contribution in [3.63, 3.8) is 0 Å². The number of hydrogen-bond donors (Lipinski definition) is 0. The first kappa shape index (κ1) is 16.3. The van der Waals surface area contributed by atoms with Crippen molar-refractivity contribution in [2.45, 2.75) is 45.1 Å². The van der Waals surface area contributed by atoms with Gasteiger partial charge >= 0.3 is 0 Å². The van der Waals surface area contributed by atoms with Gasteiger partial charge in [0.1, 0.15) is 5.75 Å². The second kappa shape index (κ2) is 6.80. The largest absolute Gasteiger partial charge is 0.495 e. The van der Waals surface area contributed by atoms with Gasteiger partial charge in [0.15, 0.2) is 5.78 Å². The Hall–Kier alpha value is -1.06. The summed E-state index contributed by atoms with van der Waals surface area (Å²) in [5.41, 5.74) is 0.293. The van der Waals surface area contributed by atoms with E-state index in [0.717, 1.165) is 25.9 Å². The number of halogens is 1. The molecule has 0 bridgehead atoms. The van der Waals surface area contributed by atoms with Crippen molar-refractivity contribution in [2.24, 2.45) is 0 Å². The van der Waals surface area contributed by atoms with Gasteiger partial charge in [0, 0.05) is 5.56 Å². The van der Waals surface area contributed by atoms with Crippen molar-refractivity contribution >= 4 is 17.4 Å². The van der Waals surface area contributed by atoms with Crippen LogP contribution < -0.4 is 4.74 Å². The molecule has 4 heteroatoms. The molecule has 1 aliphatic heterocycles. The molecule has 0 unspecified atom stereocenters. The first-order valence-corrected chi connectivity index (χ1v) is 8.10. The van der Waals surface area contributed by atoms with Crippen LogP contribution in [0.3, 0.4) is 0 Å². The number of likely N-dealkylation sites (tertiary alicyclic amines) is 1. The monoisotopic (exact) mass is 309 g/mol. The quantitative estimate of drug-likeness (QED) is 0.738. The smallest absolute Gasteiger partial charge is 0.183 e. The highest BCUT2D eigenvalue weighted by Crippen LogP contribution is 2.34. The predicted octanol–water partition coefficient (Wildman–Crippen LogP) is 4.19. The molecule has 0 spiro atoms. The number of methoxy groups -OCH3 is 1. The van der Waals surface area contributed by atoms with Crippen LogP contribution >= 0.6 is 11.6 Å². The van der Waals surface area contributed by atoms with Gasteiger partial charge in [0.2, 0.25) is 0 Å². The Kier molecular flexibility index (Phi) is 5.28. The number of nitrogens with zero attached hydrogens (tertiary/aromatic N) is 1. The Labute approximate surface area is 132 Å². The molecule has 1 heterocycles. The Morgan fingerprint density at radius 1 is 1.29 bits per heavy atom. The zero-order valence-electron chi connectivity index (χ0n) is 13.1. The maximum absolute atomic E-state index is 13.2. The van der Waals surface area contributed by atoms with Gasteiger partial charge in [-0.25, -0.2) is 0 Å². The molecular formula is C17H24ClNO2. The van der Waals surface area contributed by atoms with E-state index in [1.54, 1.807) is 19.2 Å². The minimum Gasteiger partial charge on any atom is -0.495 e. The van der Waals surface area contributed by atoms with Crippen LogP contribution in [0, 0.1) is 0 Å². The molecular weight excluding hydrogens is 286 g/mol. The van der Waals surface area contributed by atoms with E-state index in [1.165, 1.54) is 12.8 Å². The van der Waals surface area contributed by atoms with Crippen LogP contribution in [-0.4, -0.2) is 36.4 Å². The lowest BCUT2D eigenvalue weighted by molar-refractivity contribution is 0.0581. The highest BCUT2D eigenvalue weighted by atomic mass is 35.5. The number of ether oxygens (including phenoxy) is 1. The highest BCUT2D eigenvalue weighted by molar-refractivity contribution is 6.32. The molecule has 2 rings (SSSR count). The minimum absolute atomic E-state index is 0.185. The molecule has 116 valence electrons. The third-order valence-corrected chi connectivity index (χ3v) is 5.03. The summed E-state index contributed by atoms with van der Waals surface area (Å²) in [5.74, 6) is 0.745. The van der Waals surface area contributed by atoms with Crippen LogP contribution in [-0.2, 0) is 0 Å². The van der Waals surface area contributed by atoms with E-state index in [2.05, 4.69) is 18.7 Å². The second-order valence-electron chi connectivity index (χ2n) is 5.61. The molecule has 0 atom stereocenters. The zero-order chi connectivity index (χ0) is 15.5. The van der Waals surface area contributed by atoms with Gasteiger partial charge in [0.05, 0.1) is 17.7 Å². The lowest BCUT2D eigenvalue weighted by Crippen LogP contribution is -2.52. The third kappa shape index (κ3) is 2.95. The number of hydrogen-bond acceptors (Lipinski definition) is 3. The van der Waals surface area contributed by atoms with Gasteiger partial charge < -0.3 is 4.74 Å². The zero-order valence-corrected chi connectivity index (χ0v) is 13.9. The normalized spacial score (nSPS) is 16.2. The van der Waals surface area contributed by atoms with Gasteiger partial charge in [-0.1, -0.05) is 25.4 Å². The van der Waals surface area contributed by atoms with Crippen molar-refractivity contribution in [1.29, 1.82) is 0 Å². The van der Waals surface area contributed by atoms with Crippen LogP contribution in [0.25, 0.3) is 0 Å². The van der Waals surface area contributed by atoms with Crippen LogP contribution in [0.2, 0.25) is 5.02 Å². The molecule has 1 saturated heterocycles. The molecule has 0 N–H and O–H groups in total. The number of carbonyl (C=O) groups excluding carboxylic acids is 1. The van der Waals surface area contributed by atoms with Crippen molar-refractivity contribution in [3.8, 4) is 5.75 Å². The van der Waals surface area contributed by atoms with Crippen molar-refractivity contribution in [1.82, 2.24) is 4.90 Å². The summed E-state index contributed by atoms with van der Waals surface area (Å²) < 4.78 is 5.24. The molecule has 0 radical (unpaired) electrons. The fourth-order valence-corrected chi connectivity index (χ4v) is 3.57. The highest BCUT2D eigenvalue weighted by Gasteiger charge is 2.42. The van der Waals surface area contributed by atoms with E-state index in [-0.39, 0.29) is 5.78 Å². The SMILES string of the molecule is CCC(CC)(C(=O)c1ccc(Cl)c(OC)c1)N1CCCC1. The standard InChI is InChI=1S/C17H24ClNO2/c1-4-17(5-2,19-10-6-7-11-19)16(20)13-8-9-14(18)15(12-13)21-3/h8-9,12H,4-7,10-11H2,1-3H3. The average molecular weight is 310 g/mol. The van der Waals surface area contributed by atoms with Crippen LogP contribution in [0.5, 0.6) is 5.75 Å². The molecule has 21 heavy (non-hydrogen) atoms. The van der Waals surface area contributed by atoms with Crippen molar-refractivity contribution in [2.75, 3.05) is 20.2 Å². The molecule has 0 aliphatic carbocycles. The summed E-state index contributed by atoms with van der Waals surface area (Å²) in [6.45, 7) is 6.23. The Balaban J connectivity index is 2.38. The number of rotatable bonds is 6. The number of Topliss-reactive ketones (excluding diaryl/α,β-unsaturated/α-hetero) is 1. The van der Waals surface area contributed by atoms with Crippen LogP contribution in [0.15, 0.2) is 18.2 Å². The second-order valence-corrected chi connectivity index (χ2v) is 6.02. The summed E-state index contributed by atoms with van der Waals surface area (Å²) >= 11 is 6.06. The fourth-order valence-electron chi connectivity index (χ4n) is 3.38. The molecule has 1 aromatic carbocycles. The van der Waals surface area contributed by atoms with E-state index in [0.29, 0.717) is 16.3 Å². The molecule has 3 nitrogen and oxygen atoms in total. The fraction of sp³-hybridized carbons (Fsp3) is 0.588. The number of benzene rings is 1. The molecule has 0 saturated carbocycles.